The van der Waals surface area contributed by atoms with Gasteiger partial charge in [-0.25, -0.2) is 0 Å². The molecule has 4 aromatic carbocycles. The highest BCUT2D eigenvalue weighted by molar-refractivity contribution is 6.30. The van der Waals surface area contributed by atoms with E-state index >= 15 is 0 Å². The molecule has 204 valence electrons. The lowest BCUT2D eigenvalue weighted by atomic mass is 9.97. The Morgan fingerprint density at radius 3 is 2.33 bits per heavy atom. The first-order valence-corrected chi connectivity index (χ1v) is 13.8. The zero-order valence-corrected chi connectivity index (χ0v) is 22.9. The molecular formula is C33H29ClF3N3. The number of nitrogens with one attached hydrogen (secondary N) is 1. The van der Waals surface area contributed by atoms with Crippen LogP contribution in [0.15, 0.2) is 91.0 Å². The molecule has 0 bridgehead atoms. The lowest BCUT2D eigenvalue weighted by Crippen LogP contribution is -2.46. The van der Waals surface area contributed by atoms with E-state index in [4.69, 9.17) is 11.6 Å². The van der Waals surface area contributed by atoms with Crippen LogP contribution in [0.25, 0.3) is 33.3 Å². The van der Waals surface area contributed by atoms with Gasteiger partial charge in [-0.3, -0.25) is 4.90 Å². The summed E-state index contributed by atoms with van der Waals surface area (Å²) in [4.78, 5) is 8.13. The molecule has 0 unspecified atom stereocenters. The van der Waals surface area contributed by atoms with Crippen molar-refractivity contribution in [3.63, 3.8) is 0 Å². The van der Waals surface area contributed by atoms with E-state index < -0.39 is 11.7 Å². The molecule has 1 fully saturated rings. The average molecular weight is 560 g/mol. The van der Waals surface area contributed by atoms with Crippen LogP contribution in [0.4, 0.5) is 18.9 Å². The largest absolute Gasteiger partial charge is 0.416 e. The van der Waals surface area contributed by atoms with Gasteiger partial charge >= 0.3 is 6.18 Å². The molecule has 1 aliphatic heterocycles. The Kier molecular flexibility index (Phi) is 7.07. The summed E-state index contributed by atoms with van der Waals surface area (Å²) in [5.74, 6) is 0. The Hall–Kier alpha value is -3.74. The number of rotatable bonds is 5. The standard InChI is InChI=1S/C33H29ClF3N3/c1-22-9-10-23-5-2-3-8-29(23)31(22)30-19-25(32(38-30)24-11-13-27(34)14-12-24)21-39-15-17-40(18-16-39)28-7-4-6-26(20-28)33(35,36)37/h2-14,19-20,38H,15-18,21H2,1H3. The first-order chi connectivity index (χ1) is 19.3. The van der Waals surface area contributed by atoms with Crippen molar-refractivity contribution in [3.05, 3.63) is 113 Å². The predicted octanol–water partition coefficient (Wildman–Crippen LogP) is 8.80. The number of anilines is 1. The number of nitrogens with zero attached hydrogens (tertiary/aromatic N) is 2. The van der Waals surface area contributed by atoms with Gasteiger partial charge in [0.05, 0.1) is 11.3 Å². The van der Waals surface area contributed by atoms with E-state index in [2.05, 4.69) is 59.3 Å². The average Bonchev–Trinajstić information content (AvgIpc) is 3.36. The van der Waals surface area contributed by atoms with Crippen LogP contribution < -0.4 is 4.90 Å². The fourth-order valence-electron chi connectivity index (χ4n) is 5.65. The highest BCUT2D eigenvalue weighted by Gasteiger charge is 2.31. The number of aromatic nitrogens is 1. The van der Waals surface area contributed by atoms with Crippen LogP contribution in [0.2, 0.25) is 5.02 Å². The van der Waals surface area contributed by atoms with Crippen molar-refractivity contribution in [2.24, 2.45) is 0 Å². The van der Waals surface area contributed by atoms with Crippen LogP contribution >= 0.6 is 11.6 Å². The number of aryl methyl sites for hydroxylation is 1. The normalized spacial score (nSPS) is 14.7. The number of halogens is 4. The molecule has 1 aliphatic rings. The van der Waals surface area contributed by atoms with E-state index in [1.54, 1.807) is 6.07 Å². The number of piperazine rings is 1. The number of hydrogen-bond donors (Lipinski definition) is 1. The van der Waals surface area contributed by atoms with Gasteiger partial charge in [-0.1, -0.05) is 66.2 Å². The smallest absolute Gasteiger partial charge is 0.369 e. The fraction of sp³-hybridized carbons (Fsp3) is 0.212. The van der Waals surface area contributed by atoms with E-state index in [9.17, 15) is 13.2 Å². The van der Waals surface area contributed by atoms with Crippen molar-refractivity contribution in [1.82, 2.24) is 9.88 Å². The summed E-state index contributed by atoms with van der Waals surface area (Å²) in [6.07, 6.45) is -4.34. The van der Waals surface area contributed by atoms with Gasteiger partial charge < -0.3 is 9.88 Å². The van der Waals surface area contributed by atoms with Crippen LogP contribution in [0.3, 0.4) is 0 Å². The maximum absolute atomic E-state index is 13.2. The van der Waals surface area contributed by atoms with Crippen LogP contribution in [-0.4, -0.2) is 36.1 Å². The van der Waals surface area contributed by atoms with Crippen molar-refractivity contribution in [2.45, 2.75) is 19.6 Å². The van der Waals surface area contributed by atoms with E-state index in [0.29, 0.717) is 23.8 Å². The molecule has 2 heterocycles. The number of hydrogen-bond acceptors (Lipinski definition) is 2. The molecule has 6 rings (SSSR count). The molecule has 1 N–H and O–H groups in total. The summed E-state index contributed by atoms with van der Waals surface area (Å²) in [5, 5.41) is 3.08. The summed E-state index contributed by atoms with van der Waals surface area (Å²) < 4.78 is 39.7. The molecule has 3 nitrogen and oxygen atoms in total. The second-order valence-electron chi connectivity index (χ2n) is 10.4. The van der Waals surface area contributed by atoms with Crippen LogP contribution in [0, 0.1) is 6.92 Å². The van der Waals surface area contributed by atoms with Gasteiger partial charge in [0.1, 0.15) is 0 Å². The summed E-state index contributed by atoms with van der Waals surface area (Å²) in [6.45, 7) is 5.70. The minimum absolute atomic E-state index is 0.608. The van der Waals surface area contributed by atoms with Gasteiger partial charge in [0, 0.05) is 54.7 Å². The van der Waals surface area contributed by atoms with E-state index in [1.807, 2.05) is 29.2 Å². The molecule has 5 aromatic rings. The lowest BCUT2D eigenvalue weighted by Gasteiger charge is -2.36. The Labute approximate surface area is 236 Å². The van der Waals surface area contributed by atoms with Gasteiger partial charge in [-0.2, -0.15) is 13.2 Å². The van der Waals surface area contributed by atoms with Gasteiger partial charge in [0.15, 0.2) is 0 Å². The molecule has 0 aliphatic carbocycles. The molecule has 40 heavy (non-hydrogen) atoms. The lowest BCUT2D eigenvalue weighted by molar-refractivity contribution is -0.137. The Morgan fingerprint density at radius 1 is 0.825 bits per heavy atom. The van der Waals surface area contributed by atoms with Crippen molar-refractivity contribution >= 4 is 28.1 Å². The first kappa shape index (κ1) is 26.5. The number of H-pyrrole nitrogens is 1. The zero-order chi connectivity index (χ0) is 27.9. The molecule has 0 amide bonds. The van der Waals surface area contributed by atoms with Crippen molar-refractivity contribution in [2.75, 3.05) is 31.1 Å². The second kappa shape index (κ2) is 10.7. The summed E-state index contributed by atoms with van der Waals surface area (Å²) in [5.41, 5.74) is 6.76. The highest BCUT2D eigenvalue weighted by Crippen LogP contribution is 2.36. The van der Waals surface area contributed by atoms with E-state index in [0.717, 1.165) is 42.7 Å². The van der Waals surface area contributed by atoms with Crippen LogP contribution in [0.1, 0.15) is 16.7 Å². The third kappa shape index (κ3) is 5.34. The maximum atomic E-state index is 13.2. The Morgan fingerprint density at radius 2 is 1.57 bits per heavy atom. The quantitative estimate of drug-likeness (QED) is 0.232. The molecule has 1 saturated heterocycles. The highest BCUT2D eigenvalue weighted by atomic mass is 35.5. The molecule has 0 atom stereocenters. The van der Waals surface area contributed by atoms with E-state index in [1.165, 1.54) is 39.6 Å². The summed E-state index contributed by atoms with van der Waals surface area (Å²) in [7, 11) is 0. The third-order valence-corrected chi connectivity index (χ3v) is 8.00. The maximum Gasteiger partial charge on any atom is 0.416 e. The Balaban J connectivity index is 1.29. The molecule has 0 saturated carbocycles. The van der Waals surface area contributed by atoms with Gasteiger partial charge in [-0.05, 0) is 70.8 Å². The second-order valence-corrected chi connectivity index (χ2v) is 10.8. The number of benzene rings is 4. The van der Waals surface area contributed by atoms with Crippen LogP contribution in [-0.2, 0) is 12.7 Å². The van der Waals surface area contributed by atoms with Gasteiger partial charge in [0.25, 0.3) is 0 Å². The van der Waals surface area contributed by atoms with E-state index in [-0.39, 0.29) is 0 Å². The number of alkyl halides is 3. The number of aromatic amines is 1. The van der Waals surface area contributed by atoms with Gasteiger partial charge in [0.2, 0.25) is 0 Å². The molecule has 7 heteroatoms. The summed E-state index contributed by atoms with van der Waals surface area (Å²) in [6, 6.07) is 28.5. The number of fused-ring (bicyclic) bond motifs is 1. The third-order valence-electron chi connectivity index (χ3n) is 7.74. The van der Waals surface area contributed by atoms with Gasteiger partial charge in [-0.15, -0.1) is 0 Å². The molecular weight excluding hydrogens is 531 g/mol. The molecule has 0 spiro atoms. The fourth-order valence-corrected chi connectivity index (χ4v) is 5.78. The Bertz CT molecular complexity index is 1650. The molecule has 0 radical (unpaired) electrons. The monoisotopic (exact) mass is 559 g/mol. The first-order valence-electron chi connectivity index (χ1n) is 13.4. The topological polar surface area (TPSA) is 22.3 Å². The van der Waals surface area contributed by atoms with Crippen molar-refractivity contribution in [1.29, 1.82) is 0 Å². The van der Waals surface area contributed by atoms with Crippen molar-refractivity contribution < 1.29 is 13.2 Å². The van der Waals surface area contributed by atoms with Crippen molar-refractivity contribution in [3.8, 4) is 22.5 Å². The molecule has 1 aromatic heterocycles. The minimum atomic E-state index is -4.34. The predicted molar refractivity (Wildman–Crippen MR) is 158 cm³/mol. The minimum Gasteiger partial charge on any atom is -0.369 e. The zero-order valence-electron chi connectivity index (χ0n) is 22.1. The summed E-state index contributed by atoms with van der Waals surface area (Å²) >= 11 is 6.20. The SMILES string of the molecule is Cc1ccc2ccccc2c1-c1cc(CN2CCN(c3cccc(C(F)(F)F)c3)CC2)c(-c2ccc(Cl)cc2)[nH]1. The van der Waals surface area contributed by atoms with Crippen LogP contribution in [0.5, 0.6) is 0 Å².